The fraction of sp³-hybridized carbons (Fsp3) is 0.200. The number of hydrogen-bond acceptors (Lipinski definition) is 7. The van der Waals surface area contributed by atoms with Gasteiger partial charge in [-0.2, -0.15) is 8.42 Å². The van der Waals surface area contributed by atoms with E-state index in [2.05, 4.69) is 25.6 Å². The Morgan fingerprint density at radius 2 is 1.89 bits per heavy atom. The molecule has 0 unspecified atom stereocenters. The largest absolute Gasteiger partial charge is 0.384 e. The lowest BCUT2D eigenvalue weighted by Gasteiger charge is -2.08. The number of carbonyl (C=O) groups excluding carboxylic acids is 1. The molecule has 0 fully saturated rings. The molecule has 2 aromatic heterocycles. The summed E-state index contributed by atoms with van der Waals surface area (Å²) >= 11 is 0. The van der Waals surface area contributed by atoms with Gasteiger partial charge < -0.3 is 21.4 Å². The fourth-order valence-corrected chi connectivity index (χ4v) is 4.21. The number of amides is 1. The molecule has 192 valence electrons. The van der Waals surface area contributed by atoms with Crippen LogP contribution in [0.3, 0.4) is 0 Å². The molecule has 37 heavy (non-hydrogen) atoms. The van der Waals surface area contributed by atoms with Crippen LogP contribution in [0.25, 0.3) is 22.2 Å². The third-order valence-electron chi connectivity index (χ3n) is 5.70. The lowest BCUT2D eigenvalue weighted by Crippen LogP contribution is -2.25. The molecule has 11 nitrogen and oxygen atoms in total. The molecule has 7 N–H and O–H groups in total. The molecule has 0 bridgehead atoms. The maximum absolute atomic E-state index is 12.6. The number of aromatic amines is 1. The summed E-state index contributed by atoms with van der Waals surface area (Å²) < 4.78 is 30.4. The molecular weight excluding hydrogens is 494 g/mol. The standard InChI is InChI=1S/C25H27N7O4S/c26-24(27)20-14-31-22-6-1-16(13-19(20)22)7-9-30-25(33)18-4-2-17(3-5-18)21-8-10-29-23(32-21)15-28-11-12-37(34,35)36/h1-6,8,10,13-14,28,31H,7,9,11-12,15H2,(H3,26,27)(H,30,33)(H,34,35,36). The molecule has 0 saturated heterocycles. The van der Waals surface area contributed by atoms with Gasteiger partial charge >= 0.3 is 0 Å². The van der Waals surface area contributed by atoms with E-state index in [1.165, 1.54) is 0 Å². The highest BCUT2D eigenvalue weighted by molar-refractivity contribution is 7.85. The van der Waals surface area contributed by atoms with E-state index >= 15 is 0 Å². The minimum Gasteiger partial charge on any atom is -0.384 e. The quantitative estimate of drug-likeness (QED) is 0.0746. The van der Waals surface area contributed by atoms with Crippen LogP contribution >= 0.6 is 0 Å². The molecule has 0 radical (unpaired) electrons. The molecular formula is C25H27N7O4S. The second kappa shape index (κ2) is 11.3. The molecule has 0 saturated carbocycles. The average Bonchev–Trinajstić information content (AvgIpc) is 3.30. The monoisotopic (exact) mass is 521 g/mol. The van der Waals surface area contributed by atoms with Crippen LogP contribution in [0.2, 0.25) is 0 Å². The van der Waals surface area contributed by atoms with E-state index in [1.807, 2.05) is 18.2 Å². The van der Waals surface area contributed by atoms with Crippen LogP contribution in [-0.4, -0.2) is 58.5 Å². The first kappa shape index (κ1) is 25.9. The Bertz CT molecular complexity index is 1530. The van der Waals surface area contributed by atoms with E-state index in [9.17, 15) is 13.2 Å². The number of nitrogen functional groups attached to an aromatic ring is 1. The minimum atomic E-state index is -4.02. The Balaban J connectivity index is 1.31. The Hall–Kier alpha value is -4.13. The van der Waals surface area contributed by atoms with Crippen molar-refractivity contribution < 1.29 is 17.8 Å². The zero-order chi connectivity index (χ0) is 26.4. The SMILES string of the molecule is N=C(N)c1c[nH]c2ccc(CCNC(=O)c3ccc(-c4ccnc(CNCCS(=O)(=O)O)n4)cc3)cc12. The van der Waals surface area contributed by atoms with Gasteiger partial charge in [0, 0.05) is 53.1 Å². The molecule has 2 aromatic carbocycles. The number of benzene rings is 2. The summed E-state index contributed by atoms with van der Waals surface area (Å²) in [4.78, 5) is 24.3. The van der Waals surface area contributed by atoms with Crippen molar-refractivity contribution in [2.45, 2.75) is 13.0 Å². The smallest absolute Gasteiger partial charge is 0.266 e. The molecule has 1 amide bonds. The first-order valence-electron chi connectivity index (χ1n) is 11.5. The fourth-order valence-electron chi connectivity index (χ4n) is 3.81. The Morgan fingerprint density at radius 1 is 1.11 bits per heavy atom. The van der Waals surface area contributed by atoms with Crippen molar-refractivity contribution in [3.63, 3.8) is 0 Å². The Morgan fingerprint density at radius 3 is 2.62 bits per heavy atom. The zero-order valence-corrected chi connectivity index (χ0v) is 20.7. The van der Waals surface area contributed by atoms with Gasteiger partial charge in [-0.05, 0) is 42.3 Å². The maximum atomic E-state index is 12.6. The van der Waals surface area contributed by atoms with Crippen LogP contribution in [0.15, 0.2) is 60.9 Å². The van der Waals surface area contributed by atoms with E-state index in [-0.39, 0.29) is 30.6 Å². The van der Waals surface area contributed by atoms with Gasteiger partial charge in [0.25, 0.3) is 16.0 Å². The van der Waals surface area contributed by atoms with Gasteiger partial charge in [-0.1, -0.05) is 18.2 Å². The van der Waals surface area contributed by atoms with Gasteiger partial charge in [0.15, 0.2) is 0 Å². The number of H-pyrrole nitrogens is 1. The summed E-state index contributed by atoms with van der Waals surface area (Å²) in [5.74, 6) is -0.0993. The summed E-state index contributed by atoms with van der Waals surface area (Å²) in [7, 11) is -4.02. The zero-order valence-electron chi connectivity index (χ0n) is 19.9. The number of amidine groups is 1. The first-order valence-corrected chi connectivity index (χ1v) is 13.1. The topological polar surface area (TPSA) is 187 Å². The summed E-state index contributed by atoms with van der Waals surface area (Å²) in [6.45, 7) is 0.777. The van der Waals surface area contributed by atoms with Crippen LogP contribution in [-0.2, 0) is 23.1 Å². The highest BCUT2D eigenvalue weighted by atomic mass is 32.2. The van der Waals surface area contributed by atoms with Crippen molar-refractivity contribution in [3.05, 3.63) is 83.4 Å². The summed E-state index contributed by atoms with van der Waals surface area (Å²) in [5, 5.41) is 14.4. The normalized spacial score (nSPS) is 11.5. The van der Waals surface area contributed by atoms with Gasteiger partial charge in [0.1, 0.15) is 11.7 Å². The van der Waals surface area contributed by atoms with Crippen LogP contribution in [0.1, 0.15) is 27.3 Å². The van der Waals surface area contributed by atoms with Gasteiger partial charge in [-0.3, -0.25) is 14.8 Å². The number of nitrogens with zero attached hydrogens (tertiary/aromatic N) is 2. The predicted molar refractivity (Wildman–Crippen MR) is 141 cm³/mol. The van der Waals surface area contributed by atoms with Crippen molar-refractivity contribution in [2.24, 2.45) is 5.73 Å². The van der Waals surface area contributed by atoms with Crippen LogP contribution in [0, 0.1) is 5.41 Å². The third-order valence-corrected chi connectivity index (χ3v) is 6.42. The van der Waals surface area contributed by atoms with Crippen molar-refractivity contribution in [2.75, 3.05) is 18.8 Å². The highest BCUT2D eigenvalue weighted by Crippen LogP contribution is 2.20. The molecule has 0 aliphatic carbocycles. The lowest BCUT2D eigenvalue weighted by molar-refractivity contribution is 0.0954. The molecule has 12 heteroatoms. The highest BCUT2D eigenvalue weighted by Gasteiger charge is 2.10. The number of aromatic nitrogens is 3. The van der Waals surface area contributed by atoms with Crippen molar-refractivity contribution >= 4 is 32.8 Å². The number of fused-ring (bicyclic) bond motifs is 1. The number of carbonyl (C=O) groups is 1. The number of rotatable bonds is 11. The number of hydrogen-bond donors (Lipinski definition) is 6. The van der Waals surface area contributed by atoms with E-state index < -0.39 is 10.1 Å². The van der Waals surface area contributed by atoms with Gasteiger partial charge in [-0.25, -0.2) is 9.97 Å². The molecule has 2 heterocycles. The minimum absolute atomic E-state index is 0.00526. The second-order valence-corrected chi connectivity index (χ2v) is 9.97. The Kier molecular flexibility index (Phi) is 7.92. The molecule has 0 aliphatic heterocycles. The van der Waals surface area contributed by atoms with E-state index in [0.717, 1.165) is 22.0 Å². The van der Waals surface area contributed by atoms with Gasteiger partial charge in [0.2, 0.25) is 0 Å². The maximum Gasteiger partial charge on any atom is 0.266 e. The van der Waals surface area contributed by atoms with E-state index in [4.69, 9.17) is 15.7 Å². The molecule has 4 aromatic rings. The predicted octanol–water partition coefficient (Wildman–Crippen LogP) is 1.86. The van der Waals surface area contributed by atoms with Crippen molar-refractivity contribution in [1.82, 2.24) is 25.6 Å². The van der Waals surface area contributed by atoms with Gasteiger partial charge in [-0.15, -0.1) is 0 Å². The summed E-state index contributed by atoms with van der Waals surface area (Å²) in [6.07, 6.45) is 3.95. The summed E-state index contributed by atoms with van der Waals surface area (Å²) in [6, 6.07) is 14.7. The van der Waals surface area contributed by atoms with Crippen LogP contribution in [0.5, 0.6) is 0 Å². The average molecular weight is 522 g/mol. The van der Waals surface area contributed by atoms with Crippen LogP contribution in [0.4, 0.5) is 0 Å². The van der Waals surface area contributed by atoms with Crippen molar-refractivity contribution in [3.8, 4) is 11.3 Å². The number of nitrogens with one attached hydrogen (secondary N) is 4. The number of nitrogens with two attached hydrogens (primary N) is 1. The molecule has 0 aliphatic rings. The van der Waals surface area contributed by atoms with E-state index in [1.54, 1.807) is 42.7 Å². The third kappa shape index (κ3) is 6.97. The van der Waals surface area contributed by atoms with Crippen LogP contribution < -0.4 is 16.4 Å². The van der Waals surface area contributed by atoms with Crippen molar-refractivity contribution in [1.29, 1.82) is 5.41 Å². The molecule has 0 spiro atoms. The Labute approximate surface area is 213 Å². The second-order valence-electron chi connectivity index (χ2n) is 8.40. The van der Waals surface area contributed by atoms with Gasteiger partial charge in [0.05, 0.1) is 18.0 Å². The molecule has 0 atom stereocenters. The summed E-state index contributed by atoms with van der Waals surface area (Å²) in [5.41, 5.74) is 10.2. The van der Waals surface area contributed by atoms with E-state index in [0.29, 0.717) is 35.6 Å². The lowest BCUT2D eigenvalue weighted by atomic mass is 10.1. The first-order chi connectivity index (χ1) is 17.7. The molecule has 4 rings (SSSR count).